The molecule has 1 aromatic carbocycles. The molecule has 0 bridgehead atoms. The van der Waals surface area contributed by atoms with Crippen LogP contribution in [-0.2, 0) is 17.1 Å². The van der Waals surface area contributed by atoms with E-state index in [0.717, 1.165) is 0 Å². The Morgan fingerprint density at radius 3 is 2.55 bits per heavy atom. The lowest BCUT2D eigenvalue weighted by molar-refractivity contribution is 0.188. The highest BCUT2D eigenvalue weighted by Gasteiger charge is 2.41. The molecule has 1 aromatic heterocycles. The van der Waals surface area contributed by atoms with E-state index in [-0.39, 0.29) is 23.8 Å². The number of hydrogen-bond donors (Lipinski definition) is 1. The van der Waals surface area contributed by atoms with Crippen molar-refractivity contribution in [2.45, 2.75) is 23.6 Å². The highest BCUT2D eigenvalue weighted by atomic mass is 32.2. The molecule has 1 aliphatic rings. The van der Waals surface area contributed by atoms with Crippen molar-refractivity contribution in [1.29, 1.82) is 0 Å². The van der Waals surface area contributed by atoms with Gasteiger partial charge in [0.1, 0.15) is 5.82 Å². The number of aliphatic hydroxyl groups excluding tert-OH is 1. The molecule has 1 saturated heterocycles. The summed E-state index contributed by atoms with van der Waals surface area (Å²) in [5, 5.41) is 13.9. The predicted molar refractivity (Wildman–Crippen MR) is 76.9 cm³/mol. The Morgan fingerprint density at radius 1 is 1.27 bits per heavy atom. The van der Waals surface area contributed by atoms with Gasteiger partial charge in [0, 0.05) is 13.6 Å². The molecule has 2 aromatic rings. The molecule has 0 aliphatic carbocycles. The zero-order valence-corrected chi connectivity index (χ0v) is 12.7. The number of halogens is 1. The van der Waals surface area contributed by atoms with E-state index < -0.39 is 22.2 Å². The summed E-state index contributed by atoms with van der Waals surface area (Å²) in [5.74, 6) is -0.386. The van der Waals surface area contributed by atoms with E-state index in [0.29, 0.717) is 5.56 Å². The molecule has 8 heteroatoms. The molecule has 2 unspecified atom stereocenters. The molecule has 2 atom stereocenters. The Labute approximate surface area is 127 Å². The number of hydrogen-bond acceptors (Lipinski definition) is 4. The van der Waals surface area contributed by atoms with Crippen LogP contribution in [0, 0.1) is 5.82 Å². The highest BCUT2D eigenvalue weighted by molar-refractivity contribution is 7.89. The number of rotatable bonds is 3. The van der Waals surface area contributed by atoms with Gasteiger partial charge in [0.2, 0.25) is 0 Å². The molecule has 0 spiro atoms. The number of β-amino-alcohol motifs (C(OH)–C–C–N with tert-alkyl or cyclic N) is 1. The smallest absolute Gasteiger partial charge is 0.260 e. The Kier molecular flexibility index (Phi) is 3.75. The summed E-state index contributed by atoms with van der Waals surface area (Å²) < 4.78 is 41.2. The maximum absolute atomic E-state index is 13.1. The van der Waals surface area contributed by atoms with Gasteiger partial charge < -0.3 is 5.11 Å². The normalized spacial score (nSPS) is 23.0. The first-order valence-electron chi connectivity index (χ1n) is 6.83. The third-order valence-electron chi connectivity index (χ3n) is 3.84. The summed E-state index contributed by atoms with van der Waals surface area (Å²) >= 11 is 0. The minimum absolute atomic E-state index is 0.00948. The lowest BCUT2D eigenvalue weighted by atomic mass is 10.0. The lowest BCUT2D eigenvalue weighted by Crippen LogP contribution is -2.33. The third-order valence-corrected chi connectivity index (χ3v) is 5.79. The van der Waals surface area contributed by atoms with E-state index in [1.807, 2.05) is 0 Å². The fraction of sp³-hybridized carbons (Fsp3) is 0.357. The van der Waals surface area contributed by atoms with Gasteiger partial charge in [-0.15, -0.1) is 0 Å². The standard InChI is InChI=1S/C14H16FN3O3S/c1-17-14(6-7-16-17)22(20,21)18-9-12(19)8-13(18)10-2-4-11(15)5-3-10/h2-7,12-13,19H,8-9H2,1H3. The van der Waals surface area contributed by atoms with Crippen molar-refractivity contribution >= 4 is 10.0 Å². The van der Waals surface area contributed by atoms with Gasteiger partial charge in [0.15, 0.2) is 5.03 Å². The molecular formula is C14H16FN3O3S. The molecule has 118 valence electrons. The Balaban J connectivity index is 2.01. The first-order chi connectivity index (χ1) is 10.4. The second-order valence-corrected chi connectivity index (χ2v) is 7.16. The molecule has 0 amide bonds. The molecule has 0 saturated carbocycles. The van der Waals surface area contributed by atoms with Crippen LogP contribution >= 0.6 is 0 Å². The summed E-state index contributed by atoms with van der Waals surface area (Å²) in [5.41, 5.74) is 0.656. The molecule has 22 heavy (non-hydrogen) atoms. The van der Waals surface area contributed by atoms with Gasteiger partial charge in [-0.05, 0) is 30.2 Å². The molecule has 2 heterocycles. The summed E-state index contributed by atoms with van der Waals surface area (Å²) in [6, 6.07) is 6.56. The molecule has 0 radical (unpaired) electrons. The second-order valence-electron chi connectivity index (χ2n) is 5.32. The maximum Gasteiger partial charge on any atom is 0.260 e. The number of benzene rings is 1. The monoisotopic (exact) mass is 325 g/mol. The zero-order chi connectivity index (χ0) is 15.9. The fourth-order valence-corrected chi connectivity index (χ4v) is 4.54. The molecule has 1 N–H and O–H groups in total. The molecule has 6 nitrogen and oxygen atoms in total. The molecule has 3 rings (SSSR count). The quantitative estimate of drug-likeness (QED) is 0.915. The van der Waals surface area contributed by atoms with Crippen molar-refractivity contribution in [1.82, 2.24) is 14.1 Å². The number of sulfonamides is 1. The van der Waals surface area contributed by atoms with Gasteiger partial charge in [0.05, 0.1) is 18.3 Å². The van der Waals surface area contributed by atoms with Crippen molar-refractivity contribution in [3.63, 3.8) is 0 Å². The molecular weight excluding hydrogens is 309 g/mol. The van der Waals surface area contributed by atoms with E-state index in [4.69, 9.17) is 0 Å². The highest BCUT2D eigenvalue weighted by Crippen LogP contribution is 2.36. The number of aromatic nitrogens is 2. The summed E-state index contributed by atoms with van der Waals surface area (Å²) in [6.45, 7) is 0.00948. The van der Waals surface area contributed by atoms with Crippen LogP contribution in [0.25, 0.3) is 0 Å². The van der Waals surface area contributed by atoms with Gasteiger partial charge >= 0.3 is 0 Å². The average Bonchev–Trinajstić information content (AvgIpc) is 3.06. The fourth-order valence-electron chi connectivity index (χ4n) is 2.77. The van der Waals surface area contributed by atoms with E-state index in [2.05, 4.69) is 5.10 Å². The Hall–Kier alpha value is -1.77. The van der Waals surface area contributed by atoms with Crippen LogP contribution in [0.5, 0.6) is 0 Å². The number of aliphatic hydroxyl groups is 1. The van der Waals surface area contributed by atoms with E-state index >= 15 is 0 Å². The van der Waals surface area contributed by atoms with Crippen LogP contribution in [0.1, 0.15) is 18.0 Å². The van der Waals surface area contributed by atoms with Crippen molar-refractivity contribution in [2.75, 3.05) is 6.54 Å². The zero-order valence-electron chi connectivity index (χ0n) is 11.9. The Morgan fingerprint density at radius 2 is 1.95 bits per heavy atom. The summed E-state index contributed by atoms with van der Waals surface area (Å²) in [7, 11) is -2.24. The minimum atomic E-state index is -3.79. The first kappa shape index (κ1) is 15.1. The van der Waals surface area contributed by atoms with E-state index in [1.54, 1.807) is 19.2 Å². The number of nitrogens with zero attached hydrogens (tertiary/aromatic N) is 3. The van der Waals surface area contributed by atoms with Gasteiger partial charge in [-0.2, -0.15) is 9.40 Å². The second kappa shape index (κ2) is 5.45. The van der Waals surface area contributed by atoms with Crippen LogP contribution in [0.2, 0.25) is 0 Å². The molecule has 1 fully saturated rings. The van der Waals surface area contributed by atoms with Gasteiger partial charge in [-0.1, -0.05) is 12.1 Å². The summed E-state index contributed by atoms with van der Waals surface area (Å²) in [6.07, 6.45) is 0.938. The minimum Gasteiger partial charge on any atom is -0.392 e. The predicted octanol–water partition coefficient (Wildman–Crippen LogP) is 1.06. The van der Waals surface area contributed by atoms with Crippen molar-refractivity contribution < 1.29 is 17.9 Å². The van der Waals surface area contributed by atoms with Crippen LogP contribution in [0.3, 0.4) is 0 Å². The third kappa shape index (κ3) is 2.53. The topological polar surface area (TPSA) is 75.4 Å². The van der Waals surface area contributed by atoms with Gasteiger partial charge in [0.25, 0.3) is 10.0 Å². The van der Waals surface area contributed by atoms with Crippen molar-refractivity contribution in [3.05, 3.63) is 47.9 Å². The van der Waals surface area contributed by atoms with Gasteiger partial charge in [-0.25, -0.2) is 12.8 Å². The van der Waals surface area contributed by atoms with E-state index in [9.17, 15) is 17.9 Å². The number of aryl methyl sites for hydroxylation is 1. The largest absolute Gasteiger partial charge is 0.392 e. The summed E-state index contributed by atoms with van der Waals surface area (Å²) in [4.78, 5) is 0. The molecule has 1 aliphatic heterocycles. The van der Waals surface area contributed by atoms with Crippen molar-refractivity contribution in [3.8, 4) is 0 Å². The van der Waals surface area contributed by atoms with Crippen LogP contribution < -0.4 is 0 Å². The first-order valence-corrected chi connectivity index (χ1v) is 8.27. The van der Waals surface area contributed by atoms with Crippen molar-refractivity contribution in [2.24, 2.45) is 7.05 Å². The maximum atomic E-state index is 13.1. The SMILES string of the molecule is Cn1nccc1S(=O)(=O)N1CC(O)CC1c1ccc(F)cc1. The van der Waals surface area contributed by atoms with Crippen LogP contribution in [-0.4, -0.2) is 40.3 Å². The lowest BCUT2D eigenvalue weighted by Gasteiger charge is -2.23. The average molecular weight is 325 g/mol. The van der Waals surface area contributed by atoms with E-state index in [1.165, 1.54) is 33.4 Å². The van der Waals surface area contributed by atoms with Crippen LogP contribution in [0.15, 0.2) is 41.6 Å². The van der Waals surface area contributed by atoms with Crippen LogP contribution in [0.4, 0.5) is 4.39 Å². The Bertz CT molecular complexity index is 773. The van der Waals surface area contributed by atoms with Gasteiger partial charge in [-0.3, -0.25) is 4.68 Å².